The molecule has 0 radical (unpaired) electrons. The minimum absolute atomic E-state index is 0.0327. The first-order chi connectivity index (χ1) is 15.3. The lowest BCUT2D eigenvalue weighted by Gasteiger charge is -2.15. The van der Waals surface area contributed by atoms with Crippen LogP contribution >= 0.6 is 23.2 Å². The molecule has 0 unspecified atom stereocenters. The Hall–Kier alpha value is -3.61. The molecule has 0 saturated carbocycles. The second-order valence-electron chi connectivity index (χ2n) is 7.02. The van der Waals surface area contributed by atoms with E-state index in [1.165, 1.54) is 12.1 Å². The van der Waals surface area contributed by atoms with Gasteiger partial charge in [-0.25, -0.2) is 9.69 Å². The Morgan fingerprint density at radius 1 is 0.906 bits per heavy atom. The Morgan fingerprint density at radius 2 is 1.59 bits per heavy atom. The molecule has 1 N–H and O–H groups in total. The number of ether oxygens (including phenoxy) is 1. The molecular weight excluding hydrogens is 451 g/mol. The normalized spacial score (nSPS) is 13.5. The lowest BCUT2D eigenvalue weighted by molar-refractivity contribution is -0.120. The molecule has 1 heterocycles. The van der Waals surface area contributed by atoms with Gasteiger partial charge < -0.3 is 10.1 Å². The number of anilines is 2. The van der Waals surface area contributed by atoms with Crippen molar-refractivity contribution < 1.29 is 19.1 Å². The molecule has 1 aliphatic rings. The number of hydrogen-bond acceptors (Lipinski definition) is 5. The highest BCUT2D eigenvalue weighted by molar-refractivity contribution is 6.53. The van der Waals surface area contributed by atoms with Crippen LogP contribution in [0.15, 0.2) is 83.5 Å². The molecule has 2 amide bonds. The van der Waals surface area contributed by atoms with Crippen molar-refractivity contribution in [3.05, 3.63) is 99.7 Å². The summed E-state index contributed by atoms with van der Waals surface area (Å²) in [6, 6.07) is 19.7. The van der Waals surface area contributed by atoms with Gasteiger partial charge in [0.2, 0.25) is 0 Å². The van der Waals surface area contributed by atoms with Crippen molar-refractivity contribution in [3.63, 3.8) is 0 Å². The van der Waals surface area contributed by atoms with Gasteiger partial charge in [0.1, 0.15) is 16.5 Å². The monoisotopic (exact) mass is 466 g/mol. The summed E-state index contributed by atoms with van der Waals surface area (Å²) in [6.07, 6.45) is 0. The summed E-state index contributed by atoms with van der Waals surface area (Å²) in [5.41, 5.74) is 2.10. The molecule has 8 heteroatoms. The number of aryl methyl sites for hydroxylation is 1. The first kappa shape index (κ1) is 21.6. The summed E-state index contributed by atoms with van der Waals surface area (Å²) in [7, 11) is 0. The van der Waals surface area contributed by atoms with E-state index in [1.807, 2.05) is 13.0 Å². The third-order valence-electron chi connectivity index (χ3n) is 4.70. The van der Waals surface area contributed by atoms with Crippen LogP contribution in [-0.4, -0.2) is 17.8 Å². The Morgan fingerprint density at radius 3 is 2.25 bits per heavy atom. The Balaban J connectivity index is 1.48. The molecule has 6 nitrogen and oxygen atoms in total. The number of nitrogens with one attached hydrogen (secondary N) is 1. The number of imide groups is 1. The smallest absolute Gasteiger partial charge is 0.343 e. The molecule has 160 valence electrons. The van der Waals surface area contributed by atoms with Crippen LogP contribution in [0.3, 0.4) is 0 Å². The maximum Gasteiger partial charge on any atom is 0.343 e. The zero-order valence-corrected chi connectivity index (χ0v) is 18.3. The van der Waals surface area contributed by atoms with Crippen LogP contribution in [0.2, 0.25) is 5.02 Å². The molecule has 0 bridgehead atoms. The van der Waals surface area contributed by atoms with Gasteiger partial charge >= 0.3 is 5.97 Å². The maximum absolute atomic E-state index is 12.9. The van der Waals surface area contributed by atoms with Crippen molar-refractivity contribution in [1.29, 1.82) is 0 Å². The largest absolute Gasteiger partial charge is 0.423 e. The molecule has 32 heavy (non-hydrogen) atoms. The van der Waals surface area contributed by atoms with Crippen molar-refractivity contribution in [3.8, 4) is 5.75 Å². The van der Waals surface area contributed by atoms with Crippen LogP contribution in [0, 0.1) is 6.92 Å². The number of nitrogens with zero attached hydrogens (tertiary/aromatic N) is 1. The van der Waals surface area contributed by atoms with Crippen LogP contribution in [0.5, 0.6) is 5.75 Å². The molecule has 0 spiro atoms. The second kappa shape index (κ2) is 8.86. The minimum Gasteiger partial charge on any atom is -0.423 e. The van der Waals surface area contributed by atoms with Crippen molar-refractivity contribution in [1.82, 2.24) is 0 Å². The number of halogens is 2. The molecule has 0 aromatic heterocycles. The second-order valence-corrected chi connectivity index (χ2v) is 7.83. The average Bonchev–Trinajstić information content (AvgIpc) is 2.99. The molecule has 3 aromatic carbocycles. The van der Waals surface area contributed by atoms with E-state index < -0.39 is 17.8 Å². The number of esters is 1. The van der Waals surface area contributed by atoms with E-state index >= 15 is 0 Å². The number of benzene rings is 3. The zero-order chi connectivity index (χ0) is 22.8. The van der Waals surface area contributed by atoms with Crippen molar-refractivity contribution in [2.45, 2.75) is 6.92 Å². The zero-order valence-electron chi connectivity index (χ0n) is 16.8. The van der Waals surface area contributed by atoms with E-state index in [0.29, 0.717) is 27.7 Å². The summed E-state index contributed by atoms with van der Waals surface area (Å²) in [5.74, 6) is -1.34. The van der Waals surface area contributed by atoms with Crippen molar-refractivity contribution in [2.24, 2.45) is 0 Å². The minimum atomic E-state index is -0.604. The number of carbonyl (C=O) groups is 3. The summed E-state index contributed by atoms with van der Waals surface area (Å²) in [4.78, 5) is 38.8. The van der Waals surface area contributed by atoms with Gasteiger partial charge in [-0.05, 0) is 73.2 Å². The summed E-state index contributed by atoms with van der Waals surface area (Å²) >= 11 is 12.0. The van der Waals surface area contributed by atoms with Crippen LogP contribution < -0.4 is 15.0 Å². The van der Waals surface area contributed by atoms with Crippen LogP contribution in [0.1, 0.15) is 15.9 Å². The molecule has 1 aliphatic heterocycles. The van der Waals surface area contributed by atoms with E-state index in [1.54, 1.807) is 54.6 Å². The molecule has 0 fully saturated rings. The highest BCUT2D eigenvalue weighted by Gasteiger charge is 2.38. The molecule has 0 aliphatic carbocycles. The molecule has 0 atom stereocenters. The fourth-order valence-electron chi connectivity index (χ4n) is 3.12. The van der Waals surface area contributed by atoms with Crippen LogP contribution in [0.25, 0.3) is 0 Å². The van der Waals surface area contributed by atoms with E-state index in [9.17, 15) is 14.4 Å². The summed E-state index contributed by atoms with van der Waals surface area (Å²) in [6.45, 7) is 1.86. The average molecular weight is 467 g/mol. The van der Waals surface area contributed by atoms with E-state index in [-0.39, 0.29) is 10.7 Å². The van der Waals surface area contributed by atoms with Gasteiger partial charge in [-0.15, -0.1) is 0 Å². The molecular formula is C24H16Cl2N2O4. The molecule has 4 rings (SSSR count). The van der Waals surface area contributed by atoms with Gasteiger partial charge in [0.15, 0.2) is 0 Å². The number of hydrogen-bond donors (Lipinski definition) is 1. The highest BCUT2D eigenvalue weighted by atomic mass is 35.5. The van der Waals surface area contributed by atoms with Gasteiger partial charge in [0.05, 0.1) is 11.3 Å². The predicted molar refractivity (Wildman–Crippen MR) is 123 cm³/mol. The van der Waals surface area contributed by atoms with Gasteiger partial charge in [0.25, 0.3) is 11.8 Å². The maximum atomic E-state index is 12.9. The number of carbonyl (C=O) groups excluding carboxylic acids is 3. The highest BCUT2D eigenvalue weighted by Crippen LogP contribution is 2.30. The third kappa shape index (κ3) is 4.37. The first-order valence-corrected chi connectivity index (χ1v) is 10.3. The van der Waals surface area contributed by atoms with Gasteiger partial charge in [-0.3, -0.25) is 9.59 Å². The number of rotatable bonds is 5. The first-order valence-electron chi connectivity index (χ1n) is 9.53. The molecule has 0 saturated heterocycles. The summed E-state index contributed by atoms with van der Waals surface area (Å²) in [5, 5.41) is 3.21. The Labute approximate surface area is 194 Å². The molecule has 3 aromatic rings. The predicted octanol–water partition coefficient (Wildman–Crippen LogP) is 5.30. The van der Waals surface area contributed by atoms with Crippen molar-refractivity contribution in [2.75, 3.05) is 10.2 Å². The SMILES string of the molecule is Cc1cccc(N2C(=O)C(Cl)=C(Nc3ccc(C(=O)Oc4ccc(Cl)cc4)cc3)C2=O)c1. The van der Waals surface area contributed by atoms with Crippen molar-refractivity contribution >= 4 is 52.4 Å². The van der Waals surface area contributed by atoms with Gasteiger partial charge in [-0.2, -0.15) is 0 Å². The fraction of sp³-hybridized carbons (Fsp3) is 0.0417. The Bertz CT molecular complexity index is 1250. The van der Waals surface area contributed by atoms with E-state index in [4.69, 9.17) is 27.9 Å². The number of amides is 2. The fourth-order valence-corrected chi connectivity index (χ4v) is 3.45. The quantitative estimate of drug-likeness (QED) is 0.313. The van der Waals surface area contributed by atoms with Crippen LogP contribution in [-0.2, 0) is 9.59 Å². The lowest BCUT2D eigenvalue weighted by atomic mass is 10.2. The summed E-state index contributed by atoms with van der Waals surface area (Å²) < 4.78 is 5.30. The third-order valence-corrected chi connectivity index (χ3v) is 5.30. The van der Waals surface area contributed by atoms with E-state index in [2.05, 4.69) is 5.32 Å². The lowest BCUT2D eigenvalue weighted by Crippen LogP contribution is -2.32. The van der Waals surface area contributed by atoms with Gasteiger partial charge in [0, 0.05) is 10.7 Å². The van der Waals surface area contributed by atoms with Crippen LogP contribution in [0.4, 0.5) is 11.4 Å². The standard InChI is InChI=1S/C24H16Cl2N2O4/c1-14-3-2-4-18(13-14)28-22(29)20(26)21(23(28)30)27-17-9-5-15(6-10-17)24(31)32-19-11-7-16(25)8-12-19/h2-13,27H,1H3. The van der Waals surface area contributed by atoms with E-state index in [0.717, 1.165) is 10.5 Å². The Kier molecular flexibility index (Phi) is 5.99. The van der Waals surface area contributed by atoms with Gasteiger partial charge in [-0.1, -0.05) is 35.3 Å². The topological polar surface area (TPSA) is 75.7 Å².